The minimum Gasteiger partial charge on any atom is -0.379 e. The van der Waals surface area contributed by atoms with Crippen molar-refractivity contribution in [3.63, 3.8) is 0 Å². The summed E-state index contributed by atoms with van der Waals surface area (Å²) in [7, 11) is 0.0922. The van der Waals surface area contributed by atoms with Crippen LogP contribution in [0, 0.1) is 0 Å². The molecule has 2 aromatic heterocycles. The van der Waals surface area contributed by atoms with Gasteiger partial charge < -0.3 is 15.0 Å². The van der Waals surface area contributed by atoms with E-state index in [0.717, 1.165) is 22.7 Å². The van der Waals surface area contributed by atoms with Crippen molar-refractivity contribution < 1.29 is 17.9 Å². The Balaban J connectivity index is 1.70. The molecule has 1 aliphatic rings. The Morgan fingerprint density at radius 3 is 2.67 bits per heavy atom. The zero-order chi connectivity index (χ0) is 19.4. The molecule has 3 heterocycles. The Kier molecular flexibility index (Phi) is 6.10. The van der Waals surface area contributed by atoms with Crippen LogP contribution in [0.15, 0.2) is 34.7 Å². The molecule has 1 saturated heterocycles. The number of amides is 1. The highest BCUT2D eigenvalue weighted by Gasteiger charge is 2.31. The van der Waals surface area contributed by atoms with Crippen molar-refractivity contribution in [3.05, 3.63) is 40.2 Å². The number of carbonyl (C=O) groups is 1. The van der Waals surface area contributed by atoms with E-state index in [-0.39, 0.29) is 16.3 Å². The molecule has 0 aromatic carbocycles. The fourth-order valence-corrected chi connectivity index (χ4v) is 5.37. The Morgan fingerprint density at radius 1 is 1.30 bits per heavy atom. The monoisotopic (exact) mass is 410 g/mol. The van der Waals surface area contributed by atoms with Crippen LogP contribution in [0.1, 0.15) is 15.2 Å². The average Bonchev–Trinajstić information content (AvgIpc) is 3.18. The van der Waals surface area contributed by atoms with Crippen molar-refractivity contribution in [2.24, 2.45) is 0 Å². The number of hydrogen-bond acceptors (Lipinski definition) is 7. The van der Waals surface area contributed by atoms with E-state index in [1.54, 1.807) is 11.6 Å². The molecule has 0 bridgehead atoms. The van der Waals surface area contributed by atoms with Gasteiger partial charge in [0.15, 0.2) is 0 Å². The maximum absolute atomic E-state index is 12.8. The van der Waals surface area contributed by atoms with Crippen LogP contribution in [0.25, 0.3) is 0 Å². The van der Waals surface area contributed by atoms with E-state index in [4.69, 9.17) is 4.74 Å². The lowest BCUT2D eigenvalue weighted by Gasteiger charge is -2.26. The molecular formula is C17H22N4O4S2. The van der Waals surface area contributed by atoms with Gasteiger partial charge in [-0.15, -0.1) is 11.3 Å². The number of carbonyl (C=O) groups excluding carboxylic acids is 1. The molecule has 0 saturated carbocycles. The van der Waals surface area contributed by atoms with E-state index in [2.05, 4.69) is 10.3 Å². The van der Waals surface area contributed by atoms with Crippen LogP contribution in [-0.2, 0) is 21.3 Å². The molecule has 0 aliphatic carbocycles. The molecule has 0 radical (unpaired) electrons. The van der Waals surface area contributed by atoms with Crippen molar-refractivity contribution in [1.29, 1.82) is 0 Å². The highest BCUT2D eigenvalue weighted by molar-refractivity contribution is 7.89. The second-order valence-electron chi connectivity index (χ2n) is 6.23. The number of ether oxygens (including phenoxy) is 1. The largest absolute Gasteiger partial charge is 0.379 e. The lowest BCUT2D eigenvalue weighted by atomic mass is 10.2. The predicted molar refractivity (Wildman–Crippen MR) is 104 cm³/mol. The van der Waals surface area contributed by atoms with Gasteiger partial charge >= 0.3 is 0 Å². The van der Waals surface area contributed by atoms with E-state index in [1.165, 1.54) is 10.4 Å². The minimum atomic E-state index is -3.71. The molecule has 0 spiro atoms. The van der Waals surface area contributed by atoms with Gasteiger partial charge in [-0.05, 0) is 23.1 Å². The van der Waals surface area contributed by atoms with Crippen LogP contribution >= 0.6 is 11.3 Å². The molecule has 0 unspecified atom stereocenters. The van der Waals surface area contributed by atoms with E-state index >= 15 is 0 Å². The van der Waals surface area contributed by atoms with Gasteiger partial charge in [0, 0.05) is 39.9 Å². The number of pyridine rings is 1. The topological polar surface area (TPSA) is 91.8 Å². The number of aromatic nitrogens is 1. The zero-order valence-corrected chi connectivity index (χ0v) is 16.8. The second kappa shape index (κ2) is 8.34. The first kappa shape index (κ1) is 19.7. The van der Waals surface area contributed by atoms with Crippen molar-refractivity contribution in [3.8, 4) is 0 Å². The Labute approximate surface area is 162 Å². The summed E-state index contributed by atoms with van der Waals surface area (Å²) in [6.07, 6.45) is 1.69. The summed E-state index contributed by atoms with van der Waals surface area (Å²) in [5.41, 5.74) is 0.836. The van der Waals surface area contributed by atoms with E-state index < -0.39 is 15.9 Å². The van der Waals surface area contributed by atoms with Crippen LogP contribution in [0.3, 0.4) is 0 Å². The zero-order valence-electron chi connectivity index (χ0n) is 15.2. The molecule has 1 aliphatic heterocycles. The smallest absolute Gasteiger partial charge is 0.263 e. The summed E-state index contributed by atoms with van der Waals surface area (Å²) in [4.78, 5) is 19.0. The summed E-state index contributed by atoms with van der Waals surface area (Å²) >= 11 is 1.12. The number of nitrogens with one attached hydrogen (secondary N) is 1. The normalized spacial score (nSPS) is 15.5. The van der Waals surface area contributed by atoms with Gasteiger partial charge in [0.05, 0.1) is 13.2 Å². The van der Waals surface area contributed by atoms with Gasteiger partial charge in [-0.2, -0.15) is 4.31 Å². The first-order valence-corrected chi connectivity index (χ1v) is 10.8. The first-order chi connectivity index (χ1) is 12.9. The molecule has 8 nitrogen and oxygen atoms in total. The lowest BCUT2D eigenvalue weighted by Crippen LogP contribution is -2.41. The number of rotatable bonds is 6. The molecule has 27 heavy (non-hydrogen) atoms. The molecule has 3 rings (SSSR count). The average molecular weight is 411 g/mol. The lowest BCUT2D eigenvalue weighted by molar-refractivity contribution is 0.0730. The van der Waals surface area contributed by atoms with Gasteiger partial charge in [-0.25, -0.2) is 13.4 Å². The van der Waals surface area contributed by atoms with E-state index in [0.29, 0.717) is 26.3 Å². The van der Waals surface area contributed by atoms with Crippen LogP contribution < -0.4 is 10.2 Å². The van der Waals surface area contributed by atoms with Crippen LogP contribution in [-0.4, -0.2) is 64.0 Å². The number of thiophene rings is 1. The van der Waals surface area contributed by atoms with E-state index in [1.807, 2.05) is 31.1 Å². The molecule has 2 aromatic rings. The van der Waals surface area contributed by atoms with Gasteiger partial charge in [-0.3, -0.25) is 4.79 Å². The SMILES string of the molecule is CN(C)c1ccc(CNC(=O)c2sccc2S(=O)(=O)N2CCOCC2)cn1. The number of anilines is 1. The molecule has 10 heteroatoms. The molecule has 1 amide bonds. The fourth-order valence-electron chi connectivity index (χ4n) is 2.64. The third kappa shape index (κ3) is 4.46. The van der Waals surface area contributed by atoms with Crippen molar-refractivity contribution in [1.82, 2.24) is 14.6 Å². The maximum atomic E-state index is 12.8. The summed E-state index contributed by atoms with van der Waals surface area (Å²) < 4.78 is 32.2. The van der Waals surface area contributed by atoms with Crippen molar-refractivity contribution in [2.45, 2.75) is 11.4 Å². The Hall–Kier alpha value is -2.01. The summed E-state index contributed by atoms with van der Waals surface area (Å²) in [5.74, 6) is 0.413. The quantitative estimate of drug-likeness (QED) is 0.768. The Morgan fingerprint density at radius 2 is 2.04 bits per heavy atom. The van der Waals surface area contributed by atoms with Gasteiger partial charge in [0.25, 0.3) is 5.91 Å². The molecule has 146 valence electrons. The number of morpholine rings is 1. The molecule has 0 atom stereocenters. The third-order valence-corrected chi connectivity index (χ3v) is 7.13. The summed E-state index contributed by atoms with van der Waals surface area (Å²) in [6, 6.07) is 5.22. The first-order valence-electron chi connectivity index (χ1n) is 8.45. The van der Waals surface area contributed by atoms with Gasteiger partial charge in [0.1, 0.15) is 15.6 Å². The van der Waals surface area contributed by atoms with Crippen LogP contribution in [0.5, 0.6) is 0 Å². The highest BCUT2D eigenvalue weighted by atomic mass is 32.2. The number of sulfonamides is 1. The molecule has 1 fully saturated rings. The molecule has 1 N–H and O–H groups in total. The molecular weight excluding hydrogens is 388 g/mol. The van der Waals surface area contributed by atoms with Crippen molar-refractivity contribution in [2.75, 3.05) is 45.3 Å². The van der Waals surface area contributed by atoms with E-state index in [9.17, 15) is 13.2 Å². The third-order valence-electron chi connectivity index (χ3n) is 4.14. The summed E-state index contributed by atoms with van der Waals surface area (Å²) in [5, 5.41) is 4.40. The fraction of sp³-hybridized carbons (Fsp3) is 0.412. The predicted octanol–water partition coefficient (Wildman–Crippen LogP) is 1.16. The van der Waals surface area contributed by atoms with Crippen LogP contribution in [0.2, 0.25) is 0 Å². The number of hydrogen-bond donors (Lipinski definition) is 1. The second-order valence-corrected chi connectivity index (χ2v) is 9.05. The standard InChI is InChI=1S/C17H22N4O4S2/c1-20(2)15-4-3-13(11-18-15)12-19-17(22)16-14(5-10-26-16)27(23,24)21-6-8-25-9-7-21/h3-5,10-11H,6-9,12H2,1-2H3,(H,19,22). The number of nitrogens with zero attached hydrogens (tertiary/aromatic N) is 3. The van der Waals surface area contributed by atoms with Gasteiger partial charge in [-0.1, -0.05) is 6.07 Å². The maximum Gasteiger partial charge on any atom is 0.263 e. The summed E-state index contributed by atoms with van der Waals surface area (Å²) in [6.45, 7) is 1.59. The van der Waals surface area contributed by atoms with Crippen molar-refractivity contribution >= 4 is 33.1 Å². The highest BCUT2D eigenvalue weighted by Crippen LogP contribution is 2.26. The minimum absolute atomic E-state index is 0.0491. The van der Waals surface area contributed by atoms with Gasteiger partial charge in [0.2, 0.25) is 10.0 Å². The van der Waals surface area contributed by atoms with Crippen LogP contribution in [0.4, 0.5) is 5.82 Å². The Bertz CT molecular complexity index is 888.